The Balaban J connectivity index is 1.48. The van der Waals surface area contributed by atoms with Crippen molar-refractivity contribution in [3.63, 3.8) is 0 Å². The summed E-state index contributed by atoms with van der Waals surface area (Å²) in [5, 5.41) is 0. The number of hydrogen-bond donors (Lipinski definition) is 0. The van der Waals surface area contributed by atoms with E-state index in [0.29, 0.717) is 17.2 Å². The first kappa shape index (κ1) is 14.7. The quantitative estimate of drug-likeness (QED) is 0.761. The number of carbonyl (C=O) groups excluding carboxylic acids is 1. The standard InChI is InChI=1S/C16H13BrO5/c17-12-2-1-3-13(7-12)19-9-16(18)20-8-11-4-5-14-15(6-11)22-10-21-14/h1-7H,8-10H2. The Morgan fingerprint density at radius 2 is 2.00 bits per heavy atom. The van der Waals surface area contributed by atoms with Crippen molar-refractivity contribution in [1.82, 2.24) is 0 Å². The molecule has 5 nitrogen and oxygen atoms in total. The fourth-order valence-corrected chi connectivity index (χ4v) is 2.31. The maximum absolute atomic E-state index is 11.7. The molecule has 0 aliphatic carbocycles. The lowest BCUT2D eigenvalue weighted by Gasteiger charge is -2.08. The highest BCUT2D eigenvalue weighted by atomic mass is 79.9. The highest BCUT2D eigenvalue weighted by Gasteiger charge is 2.14. The second-order valence-electron chi connectivity index (χ2n) is 4.59. The van der Waals surface area contributed by atoms with Crippen LogP contribution in [-0.4, -0.2) is 19.4 Å². The molecule has 1 aliphatic heterocycles. The van der Waals surface area contributed by atoms with E-state index in [4.69, 9.17) is 18.9 Å². The van der Waals surface area contributed by atoms with E-state index < -0.39 is 5.97 Å². The predicted octanol–water partition coefficient (Wildman–Crippen LogP) is 3.30. The van der Waals surface area contributed by atoms with Gasteiger partial charge >= 0.3 is 5.97 Å². The average Bonchev–Trinajstić information content (AvgIpc) is 2.98. The zero-order valence-electron chi connectivity index (χ0n) is 11.6. The number of rotatable bonds is 5. The summed E-state index contributed by atoms with van der Waals surface area (Å²) in [6.07, 6.45) is 0. The molecule has 6 heteroatoms. The van der Waals surface area contributed by atoms with Crippen LogP contribution in [0.3, 0.4) is 0 Å². The molecule has 114 valence electrons. The number of carbonyl (C=O) groups is 1. The molecule has 2 aromatic rings. The largest absolute Gasteiger partial charge is 0.482 e. The third kappa shape index (κ3) is 3.71. The second kappa shape index (κ2) is 6.70. The first-order chi connectivity index (χ1) is 10.7. The van der Waals surface area contributed by atoms with Crippen molar-refractivity contribution in [1.29, 1.82) is 0 Å². The molecule has 1 heterocycles. The summed E-state index contributed by atoms with van der Waals surface area (Å²) in [6, 6.07) is 12.7. The number of benzene rings is 2. The fraction of sp³-hybridized carbons (Fsp3) is 0.188. The molecule has 0 saturated heterocycles. The Hall–Kier alpha value is -2.21. The van der Waals surface area contributed by atoms with Gasteiger partial charge in [-0.1, -0.05) is 28.1 Å². The van der Waals surface area contributed by atoms with Crippen LogP contribution in [0, 0.1) is 0 Å². The van der Waals surface area contributed by atoms with Crippen molar-refractivity contribution in [2.24, 2.45) is 0 Å². The van der Waals surface area contributed by atoms with E-state index in [9.17, 15) is 4.79 Å². The molecule has 0 unspecified atom stereocenters. The molecule has 0 N–H and O–H groups in total. The Bertz CT molecular complexity index is 686. The SMILES string of the molecule is O=C(COc1cccc(Br)c1)OCc1ccc2c(c1)OCO2. The van der Waals surface area contributed by atoms with Crippen molar-refractivity contribution in [3.05, 3.63) is 52.5 Å². The molecule has 0 atom stereocenters. The van der Waals surface area contributed by atoms with Gasteiger partial charge in [0.05, 0.1) is 0 Å². The second-order valence-corrected chi connectivity index (χ2v) is 5.51. The minimum atomic E-state index is -0.433. The Morgan fingerprint density at radius 1 is 1.14 bits per heavy atom. The van der Waals surface area contributed by atoms with E-state index in [1.807, 2.05) is 18.2 Å². The predicted molar refractivity (Wildman–Crippen MR) is 82.0 cm³/mol. The average molecular weight is 365 g/mol. The molecule has 2 aromatic carbocycles. The summed E-state index contributed by atoms with van der Waals surface area (Å²) in [5.74, 6) is 1.54. The number of halogens is 1. The third-order valence-corrected chi connectivity index (χ3v) is 3.48. The number of esters is 1. The van der Waals surface area contributed by atoms with Gasteiger partial charge in [0.2, 0.25) is 6.79 Å². The Kier molecular flexibility index (Phi) is 4.48. The molecular weight excluding hydrogens is 352 g/mol. The van der Waals surface area contributed by atoms with E-state index in [1.165, 1.54) is 0 Å². The zero-order chi connectivity index (χ0) is 15.4. The lowest BCUT2D eigenvalue weighted by Crippen LogP contribution is -2.14. The summed E-state index contributed by atoms with van der Waals surface area (Å²) < 4.78 is 21.9. The summed E-state index contributed by atoms with van der Waals surface area (Å²) in [7, 11) is 0. The number of hydrogen-bond acceptors (Lipinski definition) is 5. The lowest BCUT2D eigenvalue weighted by atomic mass is 10.2. The highest BCUT2D eigenvalue weighted by Crippen LogP contribution is 2.32. The van der Waals surface area contributed by atoms with Crippen LogP contribution in [0.5, 0.6) is 17.2 Å². The van der Waals surface area contributed by atoms with Crippen LogP contribution < -0.4 is 14.2 Å². The van der Waals surface area contributed by atoms with E-state index >= 15 is 0 Å². The van der Waals surface area contributed by atoms with Gasteiger partial charge in [-0.2, -0.15) is 0 Å². The zero-order valence-corrected chi connectivity index (χ0v) is 13.2. The van der Waals surface area contributed by atoms with Crippen molar-refractivity contribution in [3.8, 4) is 17.2 Å². The van der Waals surface area contributed by atoms with Crippen LogP contribution in [0.2, 0.25) is 0 Å². The fourth-order valence-electron chi connectivity index (χ4n) is 1.94. The van der Waals surface area contributed by atoms with Crippen LogP contribution in [0.4, 0.5) is 0 Å². The summed E-state index contributed by atoms with van der Waals surface area (Å²) >= 11 is 3.34. The maximum Gasteiger partial charge on any atom is 0.344 e. The molecule has 0 fully saturated rings. The first-order valence-corrected chi connectivity index (χ1v) is 7.42. The molecule has 0 radical (unpaired) electrons. The molecule has 1 aliphatic rings. The number of ether oxygens (including phenoxy) is 4. The Morgan fingerprint density at radius 3 is 2.86 bits per heavy atom. The molecule has 3 rings (SSSR count). The minimum Gasteiger partial charge on any atom is -0.482 e. The van der Waals surface area contributed by atoms with E-state index in [0.717, 1.165) is 10.0 Å². The van der Waals surface area contributed by atoms with Gasteiger partial charge in [0, 0.05) is 4.47 Å². The third-order valence-electron chi connectivity index (χ3n) is 2.99. The number of fused-ring (bicyclic) bond motifs is 1. The van der Waals surface area contributed by atoms with Gasteiger partial charge in [-0.05, 0) is 35.9 Å². The highest BCUT2D eigenvalue weighted by molar-refractivity contribution is 9.10. The van der Waals surface area contributed by atoms with Gasteiger partial charge in [0.15, 0.2) is 18.1 Å². The van der Waals surface area contributed by atoms with Crippen LogP contribution >= 0.6 is 15.9 Å². The normalized spacial score (nSPS) is 12.0. The van der Waals surface area contributed by atoms with Gasteiger partial charge in [0.1, 0.15) is 12.4 Å². The molecule has 0 amide bonds. The van der Waals surface area contributed by atoms with Gasteiger partial charge in [-0.25, -0.2) is 4.79 Å². The van der Waals surface area contributed by atoms with Crippen molar-refractivity contribution < 1.29 is 23.7 Å². The first-order valence-electron chi connectivity index (χ1n) is 6.63. The van der Waals surface area contributed by atoms with Crippen LogP contribution in [0.25, 0.3) is 0 Å². The van der Waals surface area contributed by atoms with E-state index in [-0.39, 0.29) is 20.0 Å². The van der Waals surface area contributed by atoms with Crippen LogP contribution in [0.15, 0.2) is 46.9 Å². The maximum atomic E-state index is 11.7. The van der Waals surface area contributed by atoms with E-state index in [2.05, 4.69) is 15.9 Å². The molecule has 0 bridgehead atoms. The smallest absolute Gasteiger partial charge is 0.344 e. The summed E-state index contributed by atoms with van der Waals surface area (Å²) in [4.78, 5) is 11.7. The summed E-state index contributed by atoms with van der Waals surface area (Å²) in [6.45, 7) is 0.247. The van der Waals surface area contributed by atoms with Crippen molar-refractivity contribution in [2.45, 2.75) is 6.61 Å². The molecule has 22 heavy (non-hydrogen) atoms. The monoisotopic (exact) mass is 364 g/mol. The van der Waals surface area contributed by atoms with Gasteiger partial charge in [0.25, 0.3) is 0 Å². The van der Waals surface area contributed by atoms with Gasteiger partial charge < -0.3 is 18.9 Å². The topological polar surface area (TPSA) is 54.0 Å². The van der Waals surface area contributed by atoms with Crippen molar-refractivity contribution >= 4 is 21.9 Å². The van der Waals surface area contributed by atoms with Crippen LogP contribution in [-0.2, 0) is 16.1 Å². The Labute approximate surface area is 135 Å². The molecule has 0 saturated carbocycles. The lowest BCUT2D eigenvalue weighted by molar-refractivity contribution is -0.147. The van der Waals surface area contributed by atoms with E-state index in [1.54, 1.807) is 24.3 Å². The van der Waals surface area contributed by atoms with Crippen molar-refractivity contribution in [2.75, 3.05) is 13.4 Å². The van der Waals surface area contributed by atoms with Gasteiger partial charge in [-0.15, -0.1) is 0 Å². The minimum absolute atomic E-state index is 0.138. The molecule has 0 aromatic heterocycles. The molecule has 0 spiro atoms. The molecular formula is C16H13BrO5. The summed E-state index contributed by atoms with van der Waals surface area (Å²) in [5.41, 5.74) is 0.833. The van der Waals surface area contributed by atoms with Crippen LogP contribution in [0.1, 0.15) is 5.56 Å². The van der Waals surface area contributed by atoms with Gasteiger partial charge in [-0.3, -0.25) is 0 Å².